The van der Waals surface area contributed by atoms with Crippen molar-refractivity contribution in [2.24, 2.45) is 54.7 Å². The second kappa shape index (κ2) is 2.22. The van der Waals surface area contributed by atoms with Crippen LogP contribution in [0.1, 0.15) is 76.2 Å². The number of hydrogen-bond acceptors (Lipinski definition) is 0. The van der Waals surface area contributed by atoms with Crippen LogP contribution < -0.4 is 0 Å². The van der Waals surface area contributed by atoms with E-state index in [1.165, 1.54) is 0 Å². The lowest BCUT2D eigenvalue weighted by atomic mass is 9.06. The molecule has 0 aliphatic heterocycles. The Kier molecular flexibility index (Phi) is 1.42. The predicted molar refractivity (Wildman–Crippen MR) is 87.8 cm³/mol. The molecule has 8 unspecified atom stereocenters. The van der Waals surface area contributed by atoms with Gasteiger partial charge in [-0.3, -0.25) is 0 Å². The molecule has 4 bridgehead atoms. The Morgan fingerprint density at radius 1 is 0.476 bits per heavy atom. The van der Waals surface area contributed by atoms with Crippen molar-refractivity contribution in [1.82, 2.24) is 0 Å². The summed E-state index contributed by atoms with van der Waals surface area (Å²) in [6.45, 7) is 29.2. The molecule has 0 aromatic heterocycles. The van der Waals surface area contributed by atoms with Gasteiger partial charge in [0.05, 0.1) is 0 Å². The minimum absolute atomic E-state index is 0.405. The first-order chi connectivity index (χ1) is 9.15. The van der Waals surface area contributed by atoms with Gasteiger partial charge in [-0.25, -0.2) is 0 Å². The van der Waals surface area contributed by atoms with Crippen molar-refractivity contribution in [1.29, 1.82) is 0 Å². The van der Waals surface area contributed by atoms with Crippen LogP contribution in [-0.2, 0) is 0 Å². The molecule has 6 saturated carbocycles. The van der Waals surface area contributed by atoms with E-state index in [1.54, 1.807) is 0 Å². The summed E-state index contributed by atoms with van der Waals surface area (Å²) in [7, 11) is 0. The molecule has 118 valence electrons. The van der Waals surface area contributed by atoms with Gasteiger partial charge in [0.15, 0.2) is 0 Å². The molecule has 6 aliphatic rings. The molecule has 0 aromatic carbocycles. The topological polar surface area (TPSA) is 0 Å². The first kappa shape index (κ1) is 13.4. The van der Waals surface area contributed by atoms with Gasteiger partial charge >= 0.3 is 0 Å². The fourth-order valence-electron chi connectivity index (χ4n) is 13.0. The molecule has 0 heteroatoms. The Bertz CT molecular complexity index is 641. The van der Waals surface area contributed by atoms with Crippen molar-refractivity contribution in [3.8, 4) is 0 Å². The van der Waals surface area contributed by atoms with Crippen LogP contribution in [0.3, 0.4) is 0 Å². The van der Waals surface area contributed by atoms with E-state index >= 15 is 0 Å². The maximum atomic E-state index is 2.70. The third kappa shape index (κ3) is 0.465. The summed E-state index contributed by atoms with van der Waals surface area (Å²) in [4.78, 5) is 0. The van der Waals surface area contributed by atoms with Crippen LogP contribution >= 0.6 is 0 Å². The maximum absolute atomic E-state index is 2.70. The highest BCUT2D eigenvalue weighted by atomic mass is 15.2. The third-order valence-electron chi connectivity index (χ3n) is 13.9. The van der Waals surface area contributed by atoms with Gasteiger partial charge in [-0.05, 0) is 54.7 Å². The van der Waals surface area contributed by atoms with Crippen molar-refractivity contribution < 1.29 is 0 Å². The van der Waals surface area contributed by atoms with Crippen molar-refractivity contribution in [2.45, 2.75) is 76.2 Å². The summed E-state index contributed by atoms with van der Waals surface area (Å²) in [6, 6.07) is 0. The Labute approximate surface area is 131 Å². The average molecular weight is 287 g/mol. The first-order valence-corrected chi connectivity index (χ1v) is 9.15. The lowest BCUT2D eigenvalue weighted by molar-refractivity contribution is -0.509. The summed E-state index contributed by atoms with van der Waals surface area (Å²) in [6.07, 6.45) is 0. The monoisotopic (exact) mass is 286 g/mol. The smallest absolute Gasteiger partial charge is 0.00711 e. The molecular formula is C21H34. The van der Waals surface area contributed by atoms with Crippen molar-refractivity contribution in [3.05, 3.63) is 0 Å². The normalized spacial score (nSPS) is 79.9. The van der Waals surface area contributed by atoms with E-state index in [0.29, 0.717) is 48.7 Å². The zero-order valence-electron chi connectivity index (χ0n) is 16.1. The van der Waals surface area contributed by atoms with E-state index in [4.69, 9.17) is 0 Å². The van der Waals surface area contributed by atoms with Crippen molar-refractivity contribution in [3.63, 3.8) is 0 Å². The Balaban J connectivity index is 2.01. The zero-order valence-corrected chi connectivity index (χ0v) is 16.1. The lowest BCUT2D eigenvalue weighted by Gasteiger charge is -2.97. The summed E-state index contributed by atoms with van der Waals surface area (Å²) < 4.78 is 0. The van der Waals surface area contributed by atoms with Crippen LogP contribution in [-0.4, -0.2) is 0 Å². The SMILES string of the molecule is CC1C2(C)C(C)(C)C3(C)C(C)(C)C4(C)C2(C)C12C3(C)C42C. The number of hydrogen-bond donors (Lipinski definition) is 0. The standard InChI is InChI=1S/C21H34/c1-12-15(6)13(2,3)16(7)14(4,5)17(8)18(15,9)21(12)19(16,10)20(17,21)11/h12H,1-11H3. The molecule has 0 nitrogen and oxygen atoms in total. The lowest BCUT2D eigenvalue weighted by Crippen LogP contribution is -2.93. The predicted octanol–water partition coefficient (Wildman–Crippen LogP) is 5.77. The molecule has 6 rings (SSSR count). The Hall–Kier alpha value is 0. The van der Waals surface area contributed by atoms with Gasteiger partial charge in [0.1, 0.15) is 0 Å². The van der Waals surface area contributed by atoms with Crippen LogP contribution in [0.25, 0.3) is 0 Å². The molecule has 0 radical (unpaired) electrons. The second-order valence-electron chi connectivity index (χ2n) is 11.6. The van der Waals surface area contributed by atoms with Gasteiger partial charge in [0.25, 0.3) is 0 Å². The van der Waals surface area contributed by atoms with Gasteiger partial charge < -0.3 is 0 Å². The quantitative estimate of drug-likeness (QED) is 0.530. The summed E-state index contributed by atoms with van der Waals surface area (Å²) in [5.74, 6) is 0.886. The highest BCUT2D eigenvalue weighted by Gasteiger charge is 3.22. The average Bonchev–Trinajstić information content (AvgIpc) is 2.83. The molecule has 0 aromatic rings. The molecule has 0 heterocycles. The molecule has 6 fully saturated rings. The highest BCUT2D eigenvalue weighted by Crippen LogP contribution is 3.25. The van der Waals surface area contributed by atoms with Crippen LogP contribution in [0.2, 0.25) is 0 Å². The van der Waals surface area contributed by atoms with Crippen molar-refractivity contribution >= 4 is 0 Å². The van der Waals surface area contributed by atoms with Gasteiger partial charge in [-0.15, -0.1) is 0 Å². The minimum atomic E-state index is 0.405. The minimum Gasteiger partial charge on any atom is -0.0614 e. The summed E-state index contributed by atoms with van der Waals surface area (Å²) in [5.41, 5.74) is 4.51. The zero-order chi connectivity index (χ0) is 16.1. The summed E-state index contributed by atoms with van der Waals surface area (Å²) in [5, 5.41) is 0. The van der Waals surface area contributed by atoms with Crippen LogP contribution in [0.4, 0.5) is 0 Å². The maximum Gasteiger partial charge on any atom is -0.00711 e. The van der Waals surface area contributed by atoms with E-state index in [1.807, 2.05) is 0 Å². The van der Waals surface area contributed by atoms with Crippen LogP contribution in [0.15, 0.2) is 0 Å². The van der Waals surface area contributed by atoms with Gasteiger partial charge in [-0.2, -0.15) is 0 Å². The fraction of sp³-hybridized carbons (Fsp3) is 1.00. The van der Waals surface area contributed by atoms with Crippen LogP contribution in [0.5, 0.6) is 0 Å². The molecule has 0 saturated heterocycles. The first-order valence-electron chi connectivity index (χ1n) is 9.15. The van der Waals surface area contributed by atoms with E-state index in [9.17, 15) is 0 Å². The van der Waals surface area contributed by atoms with Gasteiger partial charge in [-0.1, -0.05) is 76.2 Å². The molecule has 21 heavy (non-hydrogen) atoms. The van der Waals surface area contributed by atoms with E-state index < -0.39 is 0 Å². The van der Waals surface area contributed by atoms with Gasteiger partial charge in [0.2, 0.25) is 0 Å². The molecule has 0 amide bonds. The largest absolute Gasteiger partial charge is 0.0614 e. The molecule has 0 N–H and O–H groups in total. The molecule has 8 atom stereocenters. The fourth-order valence-corrected chi connectivity index (χ4v) is 13.0. The van der Waals surface area contributed by atoms with E-state index in [-0.39, 0.29) is 0 Å². The Morgan fingerprint density at radius 2 is 0.905 bits per heavy atom. The molecule has 1 spiro atoms. The third-order valence-corrected chi connectivity index (χ3v) is 13.9. The van der Waals surface area contributed by atoms with Crippen molar-refractivity contribution in [2.75, 3.05) is 0 Å². The highest BCUT2D eigenvalue weighted by molar-refractivity contribution is 5.68. The Morgan fingerprint density at radius 3 is 1.38 bits per heavy atom. The van der Waals surface area contributed by atoms with E-state index in [2.05, 4.69) is 76.2 Å². The second-order valence-corrected chi connectivity index (χ2v) is 11.6. The van der Waals surface area contributed by atoms with E-state index in [0.717, 1.165) is 5.92 Å². The molecule has 6 aliphatic carbocycles. The van der Waals surface area contributed by atoms with Crippen LogP contribution in [0, 0.1) is 54.7 Å². The summed E-state index contributed by atoms with van der Waals surface area (Å²) >= 11 is 0. The number of rotatable bonds is 0. The molecular weight excluding hydrogens is 252 g/mol. The van der Waals surface area contributed by atoms with Gasteiger partial charge in [0, 0.05) is 0 Å².